The number of aromatic nitrogens is 1. The second kappa shape index (κ2) is 13.3. The van der Waals surface area contributed by atoms with Gasteiger partial charge in [-0.1, -0.05) is 39.7 Å². The predicted octanol–water partition coefficient (Wildman–Crippen LogP) is 4.38. The first-order chi connectivity index (χ1) is 9.54. The third kappa shape index (κ3) is 9.83. The van der Waals surface area contributed by atoms with Crippen LogP contribution in [-0.2, 0) is 0 Å². The molecule has 20 heavy (non-hydrogen) atoms. The summed E-state index contributed by atoms with van der Waals surface area (Å²) in [4.78, 5) is 8.09. The Labute approximate surface area is 123 Å². The van der Waals surface area contributed by atoms with Crippen LogP contribution >= 0.6 is 0 Å². The number of hydrogen-bond acceptors (Lipinski definition) is 3. The molecule has 3 nitrogen and oxygen atoms in total. The fourth-order valence-corrected chi connectivity index (χ4v) is 1.03. The van der Waals surface area contributed by atoms with Crippen LogP contribution in [0.4, 0.5) is 0 Å². The van der Waals surface area contributed by atoms with Crippen LogP contribution in [0.2, 0.25) is 0 Å². The Morgan fingerprint density at radius 3 is 2.30 bits per heavy atom. The van der Waals surface area contributed by atoms with Crippen LogP contribution in [0.3, 0.4) is 0 Å². The molecule has 0 unspecified atom stereocenters. The van der Waals surface area contributed by atoms with Gasteiger partial charge in [0.25, 0.3) is 0 Å². The molecular weight excluding hydrogens is 246 g/mol. The summed E-state index contributed by atoms with van der Waals surface area (Å²) in [5, 5.41) is 2.80. The first-order valence-electron chi connectivity index (χ1n) is 6.63. The van der Waals surface area contributed by atoms with E-state index in [1.165, 1.54) is 5.56 Å². The molecule has 0 amide bonds. The fraction of sp³-hybridized carbons (Fsp3) is 0.294. The number of allylic oxidation sites excluding steroid dienone is 1. The van der Waals surface area contributed by atoms with Crippen LogP contribution in [0, 0.1) is 6.92 Å². The Morgan fingerprint density at radius 1 is 1.35 bits per heavy atom. The smallest absolute Gasteiger partial charge is 0.118 e. The monoisotopic (exact) mass is 273 g/mol. The summed E-state index contributed by atoms with van der Waals surface area (Å²) in [5.74, 6) is 0.660. The van der Waals surface area contributed by atoms with Crippen LogP contribution in [0.15, 0.2) is 55.0 Å². The SMILES string of the molecule is C=C/C(C)=N\C(=C)NC.C=Cc1ncccc1C.CC. The molecule has 0 aliphatic rings. The molecule has 0 atom stereocenters. The van der Waals surface area contributed by atoms with Gasteiger partial charge in [0.05, 0.1) is 5.69 Å². The highest BCUT2D eigenvalue weighted by Crippen LogP contribution is 2.02. The van der Waals surface area contributed by atoms with Gasteiger partial charge >= 0.3 is 0 Å². The lowest BCUT2D eigenvalue weighted by atomic mass is 10.2. The quantitative estimate of drug-likeness (QED) is 0.826. The highest BCUT2D eigenvalue weighted by Gasteiger charge is 1.88. The Hall–Kier alpha value is -2.16. The second-order valence-electron chi connectivity index (χ2n) is 3.56. The van der Waals surface area contributed by atoms with Crippen LogP contribution in [-0.4, -0.2) is 17.7 Å². The first-order valence-corrected chi connectivity index (χ1v) is 6.63. The normalized spacial score (nSPS) is 9.15. The van der Waals surface area contributed by atoms with E-state index in [2.05, 4.69) is 35.0 Å². The Kier molecular flexibility index (Phi) is 13.4. The third-order valence-corrected chi connectivity index (χ3v) is 2.14. The van der Waals surface area contributed by atoms with Crippen LogP contribution in [0.1, 0.15) is 32.0 Å². The molecule has 0 aliphatic heterocycles. The summed E-state index contributed by atoms with van der Waals surface area (Å²) >= 11 is 0. The van der Waals surface area contributed by atoms with Gasteiger partial charge in [0.2, 0.25) is 0 Å². The summed E-state index contributed by atoms with van der Waals surface area (Å²) in [6.07, 6.45) is 5.21. The van der Waals surface area contributed by atoms with E-state index >= 15 is 0 Å². The van der Waals surface area contributed by atoms with E-state index in [1.807, 2.05) is 39.8 Å². The number of pyridine rings is 1. The van der Waals surface area contributed by atoms with Gasteiger partial charge in [-0.15, -0.1) is 0 Å². The van der Waals surface area contributed by atoms with Crippen molar-refractivity contribution in [1.82, 2.24) is 10.3 Å². The number of nitrogens with one attached hydrogen (secondary N) is 1. The molecular formula is C17H27N3. The lowest BCUT2D eigenvalue weighted by molar-refractivity contribution is 0.973. The fourth-order valence-electron chi connectivity index (χ4n) is 1.03. The topological polar surface area (TPSA) is 37.3 Å². The zero-order valence-corrected chi connectivity index (χ0v) is 13.4. The van der Waals surface area contributed by atoms with E-state index in [4.69, 9.17) is 0 Å². The third-order valence-electron chi connectivity index (χ3n) is 2.14. The molecule has 0 bridgehead atoms. The van der Waals surface area contributed by atoms with E-state index in [0.29, 0.717) is 5.82 Å². The van der Waals surface area contributed by atoms with Crippen LogP contribution in [0.5, 0.6) is 0 Å². The van der Waals surface area contributed by atoms with E-state index in [9.17, 15) is 0 Å². The highest BCUT2D eigenvalue weighted by molar-refractivity contribution is 5.92. The standard InChI is InChI=1S/C8H9N.C7H12N2.C2H6/c1-3-8-7(2)5-4-6-9-8;1-5-6(2)9-7(3)8-4;1-2/h3-6H,1H2,2H3;5,8H,1,3H2,2,4H3;1-2H3/b;9-6-;. The largest absolute Gasteiger partial charge is 0.374 e. The van der Waals surface area contributed by atoms with Crippen LogP contribution < -0.4 is 5.32 Å². The van der Waals surface area contributed by atoms with E-state index in [-0.39, 0.29) is 0 Å². The zero-order chi connectivity index (χ0) is 16.0. The molecule has 1 rings (SSSR count). The average molecular weight is 273 g/mol. The van der Waals surface area contributed by atoms with Gasteiger partial charge in [-0.2, -0.15) is 0 Å². The predicted molar refractivity (Wildman–Crippen MR) is 91.9 cm³/mol. The molecule has 3 heteroatoms. The molecule has 1 N–H and O–H groups in total. The van der Waals surface area contributed by atoms with Gasteiger partial charge < -0.3 is 5.32 Å². The Morgan fingerprint density at radius 2 is 1.95 bits per heavy atom. The lowest BCUT2D eigenvalue weighted by Gasteiger charge is -1.95. The minimum atomic E-state index is 0.660. The van der Waals surface area contributed by atoms with Crippen molar-refractivity contribution in [3.63, 3.8) is 0 Å². The average Bonchev–Trinajstić information content (AvgIpc) is 2.50. The number of nitrogens with zero attached hydrogens (tertiary/aromatic N) is 2. The molecule has 0 aromatic carbocycles. The first kappa shape index (κ1) is 20.2. The zero-order valence-electron chi connectivity index (χ0n) is 13.4. The summed E-state index contributed by atoms with van der Waals surface area (Å²) in [6.45, 7) is 18.7. The Bertz CT molecular complexity index is 445. The molecule has 1 heterocycles. The minimum absolute atomic E-state index is 0.660. The van der Waals surface area contributed by atoms with Crippen molar-refractivity contribution in [3.8, 4) is 0 Å². The van der Waals surface area contributed by atoms with E-state index in [0.717, 1.165) is 11.4 Å². The van der Waals surface area contributed by atoms with Crippen molar-refractivity contribution in [1.29, 1.82) is 0 Å². The molecule has 0 spiro atoms. The maximum absolute atomic E-state index is 4.08. The molecule has 1 aromatic heterocycles. The number of hydrogen-bond donors (Lipinski definition) is 1. The molecule has 0 saturated heterocycles. The van der Waals surface area contributed by atoms with Crippen LogP contribution in [0.25, 0.3) is 6.08 Å². The van der Waals surface area contributed by atoms with Gasteiger partial charge in [0.15, 0.2) is 0 Å². The minimum Gasteiger partial charge on any atom is -0.374 e. The van der Waals surface area contributed by atoms with Crippen molar-refractivity contribution >= 4 is 11.8 Å². The van der Waals surface area contributed by atoms with E-state index < -0.39 is 0 Å². The summed E-state index contributed by atoms with van der Waals surface area (Å²) in [6, 6.07) is 3.94. The summed E-state index contributed by atoms with van der Waals surface area (Å²) in [5.41, 5.74) is 3.01. The summed E-state index contributed by atoms with van der Waals surface area (Å²) in [7, 11) is 1.78. The van der Waals surface area contributed by atoms with Gasteiger partial charge in [-0.25, -0.2) is 4.99 Å². The molecule has 0 saturated carbocycles. The van der Waals surface area contributed by atoms with Crippen molar-refractivity contribution in [3.05, 3.63) is 61.2 Å². The van der Waals surface area contributed by atoms with Gasteiger partial charge in [0, 0.05) is 19.0 Å². The molecule has 0 aliphatic carbocycles. The highest BCUT2D eigenvalue weighted by atomic mass is 15.0. The maximum Gasteiger partial charge on any atom is 0.118 e. The Balaban J connectivity index is 0. The van der Waals surface area contributed by atoms with Gasteiger partial charge in [-0.05, 0) is 37.6 Å². The molecule has 0 fully saturated rings. The molecule has 1 aromatic rings. The van der Waals surface area contributed by atoms with Gasteiger partial charge in [0.1, 0.15) is 5.82 Å². The number of aliphatic imine (C=N–C) groups is 1. The number of rotatable bonds is 4. The lowest BCUT2D eigenvalue weighted by Crippen LogP contribution is -2.02. The van der Waals surface area contributed by atoms with E-state index in [1.54, 1.807) is 25.4 Å². The van der Waals surface area contributed by atoms with Crippen molar-refractivity contribution in [2.75, 3.05) is 7.05 Å². The molecule has 0 radical (unpaired) electrons. The van der Waals surface area contributed by atoms with Gasteiger partial charge in [-0.3, -0.25) is 4.98 Å². The maximum atomic E-state index is 4.08. The second-order valence-corrected chi connectivity index (χ2v) is 3.56. The number of aryl methyl sites for hydroxylation is 1. The van der Waals surface area contributed by atoms with Crippen molar-refractivity contribution in [2.45, 2.75) is 27.7 Å². The van der Waals surface area contributed by atoms with Crippen molar-refractivity contribution < 1.29 is 0 Å². The summed E-state index contributed by atoms with van der Waals surface area (Å²) < 4.78 is 0. The van der Waals surface area contributed by atoms with Crippen molar-refractivity contribution in [2.24, 2.45) is 4.99 Å². The molecule has 110 valence electrons.